The molecule has 0 aliphatic rings. The Morgan fingerprint density at radius 2 is 1.94 bits per heavy atom. The minimum absolute atomic E-state index is 0.0835. The predicted octanol–water partition coefficient (Wildman–Crippen LogP) is 3.68. The van der Waals surface area contributed by atoms with E-state index in [1.807, 2.05) is 28.8 Å². The molecule has 174 valence electrons. The maximum atomic E-state index is 12.7. The Morgan fingerprint density at radius 1 is 1.12 bits per heavy atom. The number of hydrogen-bond acceptors (Lipinski definition) is 8. The quantitative estimate of drug-likeness (QED) is 0.349. The first-order valence-corrected chi connectivity index (χ1v) is 11.3. The monoisotopic (exact) mass is 478 g/mol. The van der Waals surface area contributed by atoms with Crippen LogP contribution in [0, 0.1) is 0 Å². The van der Waals surface area contributed by atoms with Crippen LogP contribution in [-0.4, -0.2) is 44.4 Å². The van der Waals surface area contributed by atoms with Crippen LogP contribution in [-0.2, 0) is 16.1 Å². The highest BCUT2D eigenvalue weighted by atomic mass is 32.2. The second-order valence-electron chi connectivity index (χ2n) is 7.14. The van der Waals surface area contributed by atoms with Crippen molar-refractivity contribution >= 4 is 35.0 Å². The molecule has 0 fully saturated rings. The Kier molecular flexibility index (Phi) is 7.23. The molecule has 4 aromatic rings. The summed E-state index contributed by atoms with van der Waals surface area (Å²) in [6.45, 7) is 1.83. The molecular formula is C23H22N6O4S. The van der Waals surface area contributed by atoms with Crippen LogP contribution < -0.4 is 15.4 Å². The molecular weight excluding hydrogens is 456 g/mol. The van der Waals surface area contributed by atoms with Crippen LogP contribution >= 0.6 is 11.8 Å². The molecule has 0 bridgehead atoms. The third-order valence-electron chi connectivity index (χ3n) is 4.68. The van der Waals surface area contributed by atoms with Gasteiger partial charge in [0.1, 0.15) is 11.5 Å². The van der Waals surface area contributed by atoms with Gasteiger partial charge in [0, 0.05) is 30.6 Å². The van der Waals surface area contributed by atoms with E-state index in [0.29, 0.717) is 34.6 Å². The second-order valence-corrected chi connectivity index (χ2v) is 8.08. The zero-order valence-corrected chi connectivity index (χ0v) is 19.3. The minimum Gasteiger partial charge on any atom is -0.495 e. The molecule has 0 radical (unpaired) electrons. The third kappa shape index (κ3) is 5.62. The van der Waals surface area contributed by atoms with Crippen LogP contribution in [0.15, 0.2) is 70.7 Å². The predicted molar refractivity (Wildman–Crippen MR) is 128 cm³/mol. The maximum Gasteiger partial charge on any atom is 0.234 e. The van der Waals surface area contributed by atoms with Crippen molar-refractivity contribution in [1.29, 1.82) is 0 Å². The number of nitrogens with zero attached hydrogens (tertiary/aromatic N) is 4. The van der Waals surface area contributed by atoms with E-state index in [2.05, 4.69) is 25.8 Å². The van der Waals surface area contributed by atoms with E-state index in [0.717, 1.165) is 11.3 Å². The number of anilines is 2. The number of nitrogens with one attached hydrogen (secondary N) is 2. The normalized spacial score (nSPS) is 10.6. The number of ether oxygens (including phenoxy) is 1. The lowest BCUT2D eigenvalue weighted by Gasteiger charge is -2.12. The van der Waals surface area contributed by atoms with Crippen molar-refractivity contribution in [2.45, 2.75) is 18.6 Å². The number of aromatic nitrogens is 4. The molecule has 0 unspecified atom stereocenters. The number of thioether (sulfide) groups is 1. The summed E-state index contributed by atoms with van der Waals surface area (Å²) in [5, 5.41) is 14.7. The van der Waals surface area contributed by atoms with Crippen LogP contribution in [0.4, 0.5) is 11.4 Å². The van der Waals surface area contributed by atoms with E-state index in [1.165, 1.54) is 25.8 Å². The Morgan fingerprint density at radius 3 is 2.65 bits per heavy atom. The van der Waals surface area contributed by atoms with Gasteiger partial charge in [-0.2, -0.15) is 0 Å². The number of benzene rings is 1. The summed E-state index contributed by atoms with van der Waals surface area (Å²) in [5.41, 5.74) is 1.86. The van der Waals surface area contributed by atoms with Crippen molar-refractivity contribution in [2.24, 2.45) is 0 Å². The Balaban J connectivity index is 1.51. The summed E-state index contributed by atoms with van der Waals surface area (Å²) < 4.78 is 12.7. The second kappa shape index (κ2) is 10.7. The molecule has 10 nitrogen and oxygen atoms in total. The lowest BCUT2D eigenvalue weighted by Crippen LogP contribution is -2.16. The average molecular weight is 479 g/mol. The van der Waals surface area contributed by atoms with Crippen molar-refractivity contribution in [2.75, 3.05) is 23.5 Å². The maximum absolute atomic E-state index is 12.7. The molecule has 4 rings (SSSR count). The molecule has 3 aromatic heterocycles. The Labute approximate surface area is 199 Å². The minimum atomic E-state index is -0.263. The highest BCUT2D eigenvalue weighted by Gasteiger charge is 2.18. The summed E-state index contributed by atoms with van der Waals surface area (Å²) in [6.07, 6.45) is 4.97. The van der Waals surface area contributed by atoms with Crippen LogP contribution in [0.25, 0.3) is 11.4 Å². The van der Waals surface area contributed by atoms with Gasteiger partial charge in [-0.1, -0.05) is 11.8 Å². The largest absolute Gasteiger partial charge is 0.495 e. The van der Waals surface area contributed by atoms with Crippen molar-refractivity contribution in [3.63, 3.8) is 0 Å². The summed E-state index contributed by atoms with van der Waals surface area (Å²) >= 11 is 1.25. The van der Waals surface area contributed by atoms with Gasteiger partial charge in [0.25, 0.3) is 0 Å². The molecule has 1 aromatic carbocycles. The highest BCUT2D eigenvalue weighted by molar-refractivity contribution is 7.99. The summed E-state index contributed by atoms with van der Waals surface area (Å²) in [7, 11) is 1.51. The van der Waals surface area contributed by atoms with Crippen molar-refractivity contribution < 1.29 is 18.7 Å². The van der Waals surface area contributed by atoms with Gasteiger partial charge in [0.05, 0.1) is 31.4 Å². The van der Waals surface area contributed by atoms with Crippen molar-refractivity contribution in [3.8, 4) is 17.1 Å². The van der Waals surface area contributed by atoms with E-state index in [4.69, 9.17) is 9.15 Å². The molecule has 0 aliphatic heterocycles. The van der Waals surface area contributed by atoms with Crippen LogP contribution in [0.5, 0.6) is 5.75 Å². The highest BCUT2D eigenvalue weighted by Crippen LogP contribution is 2.29. The van der Waals surface area contributed by atoms with Gasteiger partial charge in [-0.25, -0.2) is 0 Å². The fourth-order valence-corrected chi connectivity index (χ4v) is 3.95. The first-order chi connectivity index (χ1) is 16.5. The zero-order chi connectivity index (χ0) is 23.9. The molecule has 0 aliphatic carbocycles. The molecule has 0 spiro atoms. The molecule has 11 heteroatoms. The standard InChI is InChI=1S/C23H22N6O4S/c1-15(30)25-17-5-6-20(32-2)19(12-17)26-21(31)14-34-23-28-27-22(16-7-9-24-10-8-16)29(23)13-18-4-3-11-33-18/h3-12H,13-14H2,1-2H3,(H,25,30)(H,26,31). The topological polar surface area (TPSA) is 124 Å². The first-order valence-electron chi connectivity index (χ1n) is 10.3. The average Bonchev–Trinajstić information content (AvgIpc) is 3.48. The number of hydrogen-bond donors (Lipinski definition) is 2. The summed E-state index contributed by atoms with van der Waals surface area (Å²) in [4.78, 5) is 28.1. The lowest BCUT2D eigenvalue weighted by molar-refractivity contribution is -0.114. The molecule has 0 atom stereocenters. The number of methoxy groups -OCH3 is 1. The number of rotatable bonds is 9. The van der Waals surface area contributed by atoms with Gasteiger partial charge < -0.3 is 19.8 Å². The Hall–Kier alpha value is -4.12. The van der Waals surface area contributed by atoms with E-state index >= 15 is 0 Å². The molecule has 2 amide bonds. The van der Waals surface area contributed by atoms with Gasteiger partial charge in [-0.15, -0.1) is 10.2 Å². The summed E-state index contributed by atoms with van der Waals surface area (Å²) in [5.74, 6) is 1.47. The molecule has 0 saturated carbocycles. The van der Waals surface area contributed by atoms with Gasteiger partial charge >= 0.3 is 0 Å². The van der Waals surface area contributed by atoms with Crippen LogP contribution in [0.3, 0.4) is 0 Å². The lowest BCUT2D eigenvalue weighted by atomic mass is 10.2. The van der Waals surface area contributed by atoms with Gasteiger partial charge in [-0.05, 0) is 42.5 Å². The molecule has 3 heterocycles. The first kappa shape index (κ1) is 23.1. The van der Waals surface area contributed by atoms with E-state index in [9.17, 15) is 9.59 Å². The van der Waals surface area contributed by atoms with E-state index in [-0.39, 0.29) is 17.6 Å². The SMILES string of the molecule is COc1ccc(NC(C)=O)cc1NC(=O)CSc1nnc(-c2ccncc2)n1Cc1ccco1. The zero-order valence-electron chi connectivity index (χ0n) is 18.5. The smallest absolute Gasteiger partial charge is 0.234 e. The number of carbonyl (C=O) groups excluding carboxylic acids is 2. The number of amides is 2. The van der Waals surface area contributed by atoms with Crippen molar-refractivity contribution in [1.82, 2.24) is 19.7 Å². The van der Waals surface area contributed by atoms with E-state index in [1.54, 1.807) is 36.9 Å². The number of pyridine rings is 1. The fraction of sp³-hybridized carbons (Fsp3) is 0.174. The Bertz CT molecular complexity index is 1270. The van der Waals surface area contributed by atoms with Gasteiger partial charge in [0.15, 0.2) is 11.0 Å². The van der Waals surface area contributed by atoms with Crippen molar-refractivity contribution in [3.05, 3.63) is 66.9 Å². The van der Waals surface area contributed by atoms with E-state index < -0.39 is 0 Å². The van der Waals surface area contributed by atoms with Crippen LogP contribution in [0.2, 0.25) is 0 Å². The molecule has 34 heavy (non-hydrogen) atoms. The van der Waals surface area contributed by atoms with Crippen LogP contribution in [0.1, 0.15) is 12.7 Å². The van der Waals surface area contributed by atoms with Gasteiger partial charge in [-0.3, -0.25) is 19.1 Å². The summed E-state index contributed by atoms with van der Waals surface area (Å²) in [6, 6.07) is 12.4. The molecule has 0 saturated heterocycles. The van der Waals surface area contributed by atoms with Gasteiger partial charge in [0.2, 0.25) is 11.8 Å². The number of furan rings is 1. The fourth-order valence-electron chi connectivity index (χ4n) is 3.21. The number of carbonyl (C=O) groups is 2. The molecule has 2 N–H and O–H groups in total. The third-order valence-corrected chi connectivity index (χ3v) is 5.64.